The van der Waals surface area contributed by atoms with Gasteiger partial charge in [-0.3, -0.25) is 0 Å². The van der Waals surface area contributed by atoms with Crippen LogP contribution in [0.25, 0.3) is 0 Å². The van der Waals surface area contributed by atoms with Gasteiger partial charge >= 0.3 is 6.03 Å². The number of methoxy groups -OCH3 is 1. The summed E-state index contributed by atoms with van der Waals surface area (Å²) < 4.78 is 5.12. The predicted octanol–water partition coefficient (Wildman–Crippen LogP) is 4.65. The predicted molar refractivity (Wildman–Crippen MR) is 105 cm³/mol. The first-order chi connectivity index (χ1) is 12.8. The Morgan fingerprint density at radius 2 is 1.38 bits per heavy atom. The summed E-state index contributed by atoms with van der Waals surface area (Å²) in [4.78, 5) is 12.3. The molecule has 0 aliphatic carbocycles. The summed E-state index contributed by atoms with van der Waals surface area (Å²) in [5.74, 6) is 0.850. The second kappa shape index (κ2) is 8.72. The number of nitrogens with one attached hydrogen (secondary N) is 2. The van der Waals surface area contributed by atoms with E-state index in [1.54, 1.807) is 7.11 Å². The summed E-state index contributed by atoms with van der Waals surface area (Å²) in [7, 11) is 1.61. The second-order valence-electron chi connectivity index (χ2n) is 5.94. The molecule has 3 aromatic carbocycles. The molecule has 4 heteroatoms. The lowest BCUT2D eigenvalue weighted by Gasteiger charge is -2.19. The molecule has 4 nitrogen and oxygen atoms in total. The lowest BCUT2D eigenvalue weighted by atomic mass is 9.91. The van der Waals surface area contributed by atoms with Crippen molar-refractivity contribution in [3.63, 3.8) is 0 Å². The molecule has 0 saturated heterocycles. The van der Waals surface area contributed by atoms with Gasteiger partial charge in [-0.05, 0) is 35.4 Å². The Bertz CT molecular complexity index is 778. The molecular weight excluding hydrogens is 324 g/mol. The molecule has 3 rings (SSSR count). The van der Waals surface area contributed by atoms with Crippen LogP contribution >= 0.6 is 0 Å². The number of urea groups is 1. The van der Waals surface area contributed by atoms with Crippen LogP contribution in [0, 0.1) is 0 Å². The van der Waals surface area contributed by atoms with Crippen molar-refractivity contribution in [1.29, 1.82) is 0 Å². The van der Waals surface area contributed by atoms with Crippen molar-refractivity contribution < 1.29 is 9.53 Å². The SMILES string of the molecule is COc1ccc(NC(=O)NCC(c2ccccc2)c2ccccc2)cc1. The van der Waals surface area contributed by atoms with Crippen molar-refractivity contribution in [3.05, 3.63) is 96.1 Å². The highest BCUT2D eigenvalue weighted by molar-refractivity contribution is 5.89. The van der Waals surface area contributed by atoms with Gasteiger partial charge in [-0.1, -0.05) is 60.7 Å². The van der Waals surface area contributed by atoms with Gasteiger partial charge in [0.2, 0.25) is 0 Å². The van der Waals surface area contributed by atoms with E-state index in [1.807, 2.05) is 60.7 Å². The Labute approximate surface area is 153 Å². The topological polar surface area (TPSA) is 50.4 Å². The summed E-state index contributed by atoms with van der Waals surface area (Å²) in [6.07, 6.45) is 0. The lowest BCUT2D eigenvalue weighted by Crippen LogP contribution is -2.32. The van der Waals surface area contributed by atoms with E-state index in [9.17, 15) is 4.79 Å². The van der Waals surface area contributed by atoms with Crippen LogP contribution in [0.1, 0.15) is 17.0 Å². The fourth-order valence-corrected chi connectivity index (χ4v) is 2.84. The molecule has 0 atom stereocenters. The van der Waals surface area contributed by atoms with Crippen LogP contribution in [0.15, 0.2) is 84.9 Å². The van der Waals surface area contributed by atoms with Crippen molar-refractivity contribution >= 4 is 11.7 Å². The van der Waals surface area contributed by atoms with E-state index in [-0.39, 0.29) is 11.9 Å². The smallest absolute Gasteiger partial charge is 0.319 e. The number of anilines is 1. The minimum atomic E-state index is -0.230. The minimum Gasteiger partial charge on any atom is -0.497 e. The molecule has 0 saturated carbocycles. The van der Waals surface area contributed by atoms with Gasteiger partial charge in [0.15, 0.2) is 0 Å². The second-order valence-corrected chi connectivity index (χ2v) is 5.94. The minimum absolute atomic E-state index is 0.0963. The number of rotatable bonds is 6. The summed E-state index contributed by atoms with van der Waals surface area (Å²) >= 11 is 0. The Hall–Kier alpha value is -3.27. The van der Waals surface area contributed by atoms with E-state index in [4.69, 9.17) is 4.74 Å². The van der Waals surface area contributed by atoms with Crippen molar-refractivity contribution in [2.45, 2.75) is 5.92 Å². The van der Waals surface area contributed by atoms with E-state index >= 15 is 0 Å². The first-order valence-corrected chi connectivity index (χ1v) is 8.55. The number of hydrogen-bond donors (Lipinski definition) is 2. The highest BCUT2D eigenvalue weighted by atomic mass is 16.5. The van der Waals surface area contributed by atoms with E-state index < -0.39 is 0 Å². The molecule has 0 fully saturated rings. The van der Waals surface area contributed by atoms with Crippen LogP contribution in [0.3, 0.4) is 0 Å². The maximum Gasteiger partial charge on any atom is 0.319 e. The van der Waals surface area contributed by atoms with Gasteiger partial charge in [-0.25, -0.2) is 4.79 Å². The lowest BCUT2D eigenvalue weighted by molar-refractivity contribution is 0.252. The quantitative estimate of drug-likeness (QED) is 0.683. The molecule has 3 aromatic rings. The van der Waals surface area contributed by atoms with Crippen LogP contribution in [0.4, 0.5) is 10.5 Å². The Kier molecular flexibility index (Phi) is 5.88. The van der Waals surface area contributed by atoms with Crippen LogP contribution in [0.5, 0.6) is 5.75 Å². The number of amides is 2. The fourth-order valence-electron chi connectivity index (χ4n) is 2.84. The number of carbonyl (C=O) groups is 1. The van der Waals surface area contributed by atoms with Crippen molar-refractivity contribution in [2.75, 3.05) is 19.0 Å². The number of carbonyl (C=O) groups excluding carboxylic acids is 1. The van der Waals surface area contributed by atoms with E-state index in [0.717, 1.165) is 11.4 Å². The molecule has 0 aromatic heterocycles. The molecule has 0 unspecified atom stereocenters. The van der Waals surface area contributed by atoms with Crippen molar-refractivity contribution in [3.8, 4) is 5.75 Å². The fraction of sp³-hybridized carbons (Fsp3) is 0.136. The average Bonchev–Trinajstić information content (AvgIpc) is 2.70. The third-order valence-corrected chi connectivity index (χ3v) is 4.22. The highest BCUT2D eigenvalue weighted by Gasteiger charge is 2.15. The average molecular weight is 346 g/mol. The molecule has 26 heavy (non-hydrogen) atoms. The van der Waals surface area contributed by atoms with Gasteiger partial charge in [0.1, 0.15) is 5.75 Å². The molecule has 2 N–H and O–H groups in total. The Morgan fingerprint density at radius 1 is 0.846 bits per heavy atom. The maximum absolute atomic E-state index is 12.3. The van der Waals surface area contributed by atoms with Crippen LogP contribution in [0.2, 0.25) is 0 Å². The molecule has 0 aliphatic heterocycles. The third kappa shape index (κ3) is 4.63. The van der Waals surface area contributed by atoms with E-state index in [1.165, 1.54) is 11.1 Å². The Morgan fingerprint density at radius 3 is 1.88 bits per heavy atom. The molecular formula is C22H22N2O2. The van der Waals surface area contributed by atoms with Gasteiger partial charge in [-0.2, -0.15) is 0 Å². The number of benzene rings is 3. The first-order valence-electron chi connectivity index (χ1n) is 8.55. The van der Waals surface area contributed by atoms with Gasteiger partial charge in [0, 0.05) is 18.2 Å². The third-order valence-electron chi connectivity index (χ3n) is 4.22. The molecule has 2 amide bonds. The molecule has 0 heterocycles. The molecule has 0 aliphatic rings. The largest absolute Gasteiger partial charge is 0.497 e. The molecule has 0 bridgehead atoms. The van der Waals surface area contributed by atoms with E-state index in [0.29, 0.717) is 6.54 Å². The summed E-state index contributed by atoms with van der Waals surface area (Å²) in [5, 5.41) is 5.82. The molecule has 0 radical (unpaired) electrons. The standard InChI is InChI=1S/C22H22N2O2/c1-26-20-14-12-19(13-15-20)24-22(25)23-16-21(17-8-4-2-5-9-17)18-10-6-3-7-11-18/h2-15,21H,16H2,1H3,(H2,23,24,25). The Balaban J connectivity index is 1.66. The highest BCUT2D eigenvalue weighted by Crippen LogP contribution is 2.23. The number of hydrogen-bond acceptors (Lipinski definition) is 2. The van der Waals surface area contributed by atoms with Crippen molar-refractivity contribution in [2.24, 2.45) is 0 Å². The zero-order chi connectivity index (χ0) is 18.2. The van der Waals surface area contributed by atoms with Crippen LogP contribution < -0.4 is 15.4 Å². The normalized spacial score (nSPS) is 10.4. The van der Waals surface area contributed by atoms with Gasteiger partial charge in [-0.15, -0.1) is 0 Å². The van der Waals surface area contributed by atoms with Crippen LogP contribution in [-0.4, -0.2) is 19.7 Å². The zero-order valence-electron chi connectivity index (χ0n) is 14.7. The van der Waals surface area contributed by atoms with E-state index in [2.05, 4.69) is 34.9 Å². The number of ether oxygens (including phenoxy) is 1. The first kappa shape index (κ1) is 17.5. The molecule has 132 valence electrons. The van der Waals surface area contributed by atoms with Gasteiger partial charge in [0.25, 0.3) is 0 Å². The molecule has 0 spiro atoms. The monoisotopic (exact) mass is 346 g/mol. The summed E-state index contributed by atoms with van der Waals surface area (Å²) in [6, 6.07) is 27.4. The van der Waals surface area contributed by atoms with Crippen LogP contribution in [-0.2, 0) is 0 Å². The maximum atomic E-state index is 12.3. The summed E-state index contributed by atoms with van der Waals surface area (Å²) in [6.45, 7) is 0.510. The summed E-state index contributed by atoms with van der Waals surface area (Å²) in [5.41, 5.74) is 3.06. The van der Waals surface area contributed by atoms with Crippen molar-refractivity contribution in [1.82, 2.24) is 5.32 Å². The zero-order valence-corrected chi connectivity index (χ0v) is 14.7. The van der Waals surface area contributed by atoms with Gasteiger partial charge < -0.3 is 15.4 Å². The van der Waals surface area contributed by atoms with Gasteiger partial charge in [0.05, 0.1) is 7.11 Å².